The van der Waals surface area contributed by atoms with Gasteiger partial charge in [-0.2, -0.15) is 0 Å². The van der Waals surface area contributed by atoms with E-state index in [2.05, 4.69) is 10.5 Å². The predicted octanol–water partition coefficient (Wildman–Crippen LogP) is 3.11. The van der Waals surface area contributed by atoms with E-state index in [4.69, 9.17) is 8.83 Å². The Morgan fingerprint density at radius 2 is 1.89 bits per heavy atom. The van der Waals surface area contributed by atoms with Crippen LogP contribution >= 0.6 is 0 Å². The Kier molecular flexibility index (Phi) is 3.13. The maximum Gasteiger partial charge on any atom is 0.121 e. The Labute approximate surface area is 110 Å². The summed E-state index contributed by atoms with van der Waals surface area (Å²) in [7, 11) is 0. The van der Waals surface area contributed by atoms with Crippen LogP contribution in [0.25, 0.3) is 0 Å². The van der Waals surface area contributed by atoms with E-state index in [9.17, 15) is 5.21 Å². The minimum Gasteiger partial charge on any atom is -0.468 e. The highest BCUT2D eigenvalue weighted by Crippen LogP contribution is 2.35. The van der Waals surface area contributed by atoms with Crippen molar-refractivity contribution in [1.82, 2.24) is 5.32 Å². The van der Waals surface area contributed by atoms with Crippen molar-refractivity contribution in [1.29, 1.82) is 0 Å². The molecule has 3 heterocycles. The molecule has 0 amide bonds. The summed E-state index contributed by atoms with van der Waals surface area (Å²) in [5.74, 6) is 1.75. The van der Waals surface area contributed by atoms with Gasteiger partial charge in [0.15, 0.2) is 0 Å². The molecule has 2 N–H and O–H groups in total. The molecule has 1 aliphatic rings. The van der Waals surface area contributed by atoms with Gasteiger partial charge in [-0.1, -0.05) is 12.1 Å². The van der Waals surface area contributed by atoms with Crippen LogP contribution in [-0.2, 0) is 0 Å². The second-order valence-electron chi connectivity index (χ2n) is 4.81. The minimum atomic E-state index is -0.0234. The molecule has 0 bridgehead atoms. The van der Waals surface area contributed by atoms with Crippen molar-refractivity contribution in [3.63, 3.8) is 0 Å². The minimum absolute atomic E-state index is 0.00722. The van der Waals surface area contributed by atoms with E-state index in [0.29, 0.717) is 6.42 Å². The highest BCUT2D eigenvalue weighted by atomic mass is 16.4. The van der Waals surface area contributed by atoms with Gasteiger partial charge in [0.2, 0.25) is 0 Å². The molecule has 3 atom stereocenters. The van der Waals surface area contributed by atoms with Gasteiger partial charge >= 0.3 is 0 Å². The van der Waals surface area contributed by atoms with E-state index in [-0.39, 0.29) is 18.0 Å². The first kappa shape index (κ1) is 12.0. The number of oxime groups is 1. The van der Waals surface area contributed by atoms with Crippen molar-refractivity contribution in [3.05, 3.63) is 48.3 Å². The largest absolute Gasteiger partial charge is 0.468 e. The van der Waals surface area contributed by atoms with Gasteiger partial charge in [-0.25, -0.2) is 0 Å². The van der Waals surface area contributed by atoms with Crippen LogP contribution in [0.2, 0.25) is 0 Å². The van der Waals surface area contributed by atoms with Crippen molar-refractivity contribution in [3.8, 4) is 0 Å². The number of nitrogens with zero attached hydrogens (tertiary/aromatic N) is 1. The first-order chi connectivity index (χ1) is 9.29. The average Bonchev–Trinajstić information content (AvgIpc) is 3.12. The van der Waals surface area contributed by atoms with Crippen molar-refractivity contribution in [2.45, 2.75) is 25.4 Å². The topological polar surface area (TPSA) is 70.9 Å². The van der Waals surface area contributed by atoms with Crippen LogP contribution in [0.5, 0.6) is 0 Å². The standard InChI is InChI=1S/C14H16N2O3/c1-9-10(16-17)8-11(12-4-2-6-18-12)15-14(9)13-5-3-7-19-13/h2-7,9,11,14-15,17H,8H2,1H3/b16-10+/t9-,11+,14-/m1/s1. The molecule has 0 aromatic carbocycles. The third-order valence-electron chi connectivity index (χ3n) is 3.68. The van der Waals surface area contributed by atoms with Gasteiger partial charge in [-0.3, -0.25) is 5.32 Å². The molecule has 100 valence electrons. The van der Waals surface area contributed by atoms with Gasteiger partial charge in [0.05, 0.1) is 30.3 Å². The third-order valence-corrected chi connectivity index (χ3v) is 3.68. The van der Waals surface area contributed by atoms with E-state index >= 15 is 0 Å². The normalized spacial score (nSPS) is 29.7. The molecule has 1 fully saturated rings. The third kappa shape index (κ3) is 2.17. The predicted molar refractivity (Wildman–Crippen MR) is 69.0 cm³/mol. The molecule has 1 saturated heterocycles. The molecule has 0 radical (unpaired) electrons. The molecule has 0 spiro atoms. The van der Waals surface area contributed by atoms with E-state index in [0.717, 1.165) is 17.2 Å². The van der Waals surface area contributed by atoms with Crippen LogP contribution in [0.15, 0.2) is 50.8 Å². The van der Waals surface area contributed by atoms with Crippen LogP contribution < -0.4 is 5.32 Å². The fourth-order valence-corrected chi connectivity index (χ4v) is 2.61. The number of nitrogens with one attached hydrogen (secondary N) is 1. The maximum atomic E-state index is 9.19. The SMILES string of the molecule is C[C@@H]1/C(=N/O)C[C@@H](c2ccco2)N[C@H]1c1ccco1. The second kappa shape index (κ2) is 4.93. The Balaban J connectivity index is 1.91. The summed E-state index contributed by atoms with van der Waals surface area (Å²) in [5.41, 5.74) is 0.751. The lowest BCUT2D eigenvalue weighted by atomic mass is 9.85. The second-order valence-corrected chi connectivity index (χ2v) is 4.81. The van der Waals surface area contributed by atoms with E-state index in [1.165, 1.54) is 0 Å². The molecule has 0 unspecified atom stereocenters. The number of hydrogen-bond donors (Lipinski definition) is 2. The zero-order chi connectivity index (χ0) is 13.2. The van der Waals surface area contributed by atoms with Gasteiger partial charge in [0.1, 0.15) is 11.5 Å². The number of piperidine rings is 1. The summed E-state index contributed by atoms with van der Waals surface area (Å²) in [6.07, 6.45) is 3.92. The summed E-state index contributed by atoms with van der Waals surface area (Å²) in [6, 6.07) is 7.52. The molecule has 1 aliphatic heterocycles. The quantitative estimate of drug-likeness (QED) is 0.643. The lowest BCUT2D eigenvalue weighted by molar-refractivity contribution is 0.267. The highest BCUT2D eigenvalue weighted by molar-refractivity contribution is 5.88. The summed E-state index contributed by atoms with van der Waals surface area (Å²) >= 11 is 0. The lowest BCUT2D eigenvalue weighted by Gasteiger charge is -2.34. The molecular weight excluding hydrogens is 244 g/mol. The molecule has 3 rings (SSSR count). The summed E-state index contributed by atoms with van der Waals surface area (Å²) in [6.45, 7) is 2.02. The van der Waals surface area contributed by atoms with Gasteiger partial charge in [0.25, 0.3) is 0 Å². The van der Waals surface area contributed by atoms with Gasteiger partial charge in [-0.05, 0) is 24.3 Å². The summed E-state index contributed by atoms with van der Waals surface area (Å²) in [5, 5.41) is 16.1. The maximum absolute atomic E-state index is 9.19. The van der Waals surface area contributed by atoms with Crippen molar-refractivity contribution in [2.75, 3.05) is 0 Å². The molecule has 19 heavy (non-hydrogen) atoms. The zero-order valence-corrected chi connectivity index (χ0v) is 10.6. The number of rotatable bonds is 2. The van der Waals surface area contributed by atoms with Gasteiger partial charge < -0.3 is 14.0 Å². The molecule has 2 aromatic heterocycles. The van der Waals surface area contributed by atoms with E-state index < -0.39 is 0 Å². The van der Waals surface area contributed by atoms with Crippen LogP contribution in [-0.4, -0.2) is 10.9 Å². The van der Waals surface area contributed by atoms with Crippen LogP contribution in [0.3, 0.4) is 0 Å². The Bertz CT molecular complexity index is 545. The fraction of sp³-hybridized carbons (Fsp3) is 0.357. The van der Waals surface area contributed by atoms with Crippen LogP contribution in [0.4, 0.5) is 0 Å². The van der Waals surface area contributed by atoms with E-state index in [1.807, 2.05) is 31.2 Å². The first-order valence-electron chi connectivity index (χ1n) is 6.33. The Morgan fingerprint density at radius 1 is 1.21 bits per heavy atom. The van der Waals surface area contributed by atoms with Gasteiger partial charge in [0, 0.05) is 12.3 Å². The monoisotopic (exact) mass is 260 g/mol. The molecule has 0 aliphatic carbocycles. The summed E-state index contributed by atoms with van der Waals surface area (Å²) in [4.78, 5) is 0. The highest BCUT2D eigenvalue weighted by Gasteiger charge is 2.36. The van der Waals surface area contributed by atoms with Crippen molar-refractivity contribution >= 4 is 5.71 Å². The van der Waals surface area contributed by atoms with Gasteiger partial charge in [-0.15, -0.1) is 0 Å². The average molecular weight is 260 g/mol. The number of hydrogen-bond acceptors (Lipinski definition) is 5. The molecular formula is C14H16N2O3. The van der Waals surface area contributed by atoms with Crippen molar-refractivity contribution < 1.29 is 14.0 Å². The molecule has 5 nitrogen and oxygen atoms in total. The Morgan fingerprint density at radius 3 is 2.47 bits per heavy atom. The molecule has 0 saturated carbocycles. The zero-order valence-electron chi connectivity index (χ0n) is 10.6. The van der Waals surface area contributed by atoms with Crippen molar-refractivity contribution in [2.24, 2.45) is 11.1 Å². The molecule has 2 aromatic rings. The smallest absolute Gasteiger partial charge is 0.121 e. The summed E-state index contributed by atoms with van der Waals surface area (Å²) < 4.78 is 10.9. The Hall–Kier alpha value is -2.01. The first-order valence-corrected chi connectivity index (χ1v) is 6.33. The van der Waals surface area contributed by atoms with E-state index in [1.54, 1.807) is 12.5 Å². The number of furan rings is 2. The molecule has 5 heteroatoms. The van der Waals surface area contributed by atoms with Crippen LogP contribution in [0.1, 0.15) is 36.9 Å². The lowest BCUT2D eigenvalue weighted by Crippen LogP contribution is -2.41. The van der Waals surface area contributed by atoms with Crippen LogP contribution in [0, 0.1) is 5.92 Å². The fourth-order valence-electron chi connectivity index (χ4n) is 2.61.